The summed E-state index contributed by atoms with van der Waals surface area (Å²) in [5.74, 6) is 2.76. The molecule has 68 valence electrons. The normalized spacial score (nSPS) is 36.8. The Labute approximate surface area is 79.2 Å². The molecule has 2 aliphatic rings. The summed E-state index contributed by atoms with van der Waals surface area (Å²) in [5.41, 5.74) is 1.55. The maximum Gasteiger partial charge on any atom is -0.00114 e. The molecule has 0 unspecified atom stereocenters. The Morgan fingerprint density at radius 3 is 2.69 bits per heavy atom. The monoisotopic (exact) mass is 173 g/mol. The van der Waals surface area contributed by atoms with E-state index in [0.29, 0.717) is 0 Å². The Morgan fingerprint density at radius 2 is 1.92 bits per heavy atom. The van der Waals surface area contributed by atoms with E-state index in [9.17, 15) is 0 Å². The number of hydrogen-bond donors (Lipinski definition) is 1. The van der Waals surface area contributed by atoms with Crippen LogP contribution in [0.3, 0.4) is 0 Å². The van der Waals surface area contributed by atoms with Crippen LogP contribution in [0.4, 0.5) is 0 Å². The summed E-state index contributed by atoms with van der Waals surface area (Å²) in [6.07, 6.45) is 1.40. The Balaban J connectivity index is 1.81. The van der Waals surface area contributed by atoms with Gasteiger partial charge in [-0.25, -0.2) is 0 Å². The first-order valence-corrected chi connectivity index (χ1v) is 5.21. The lowest BCUT2D eigenvalue weighted by molar-refractivity contribution is 0.191. The van der Waals surface area contributed by atoms with E-state index in [4.69, 9.17) is 0 Å². The van der Waals surface area contributed by atoms with Gasteiger partial charge in [-0.15, -0.1) is 0 Å². The van der Waals surface area contributed by atoms with Crippen LogP contribution in [-0.4, -0.2) is 13.1 Å². The van der Waals surface area contributed by atoms with E-state index in [-0.39, 0.29) is 0 Å². The molecule has 13 heavy (non-hydrogen) atoms. The van der Waals surface area contributed by atoms with Gasteiger partial charge in [-0.3, -0.25) is 0 Å². The molecule has 1 saturated heterocycles. The smallest absolute Gasteiger partial charge is 0.00114 e. The summed E-state index contributed by atoms with van der Waals surface area (Å²) in [6, 6.07) is 11.0. The van der Waals surface area contributed by atoms with Crippen LogP contribution in [0.1, 0.15) is 17.9 Å². The van der Waals surface area contributed by atoms with E-state index in [0.717, 1.165) is 17.8 Å². The van der Waals surface area contributed by atoms with Crippen LogP contribution >= 0.6 is 0 Å². The van der Waals surface area contributed by atoms with Crippen LogP contribution in [0.2, 0.25) is 0 Å². The largest absolute Gasteiger partial charge is 0.316 e. The second kappa shape index (κ2) is 2.85. The number of rotatable bonds is 1. The fourth-order valence-corrected chi connectivity index (χ4v) is 2.87. The second-order valence-electron chi connectivity index (χ2n) is 4.34. The van der Waals surface area contributed by atoms with E-state index >= 15 is 0 Å². The van der Waals surface area contributed by atoms with Crippen molar-refractivity contribution in [1.29, 1.82) is 0 Å². The SMILES string of the molecule is c1ccc([C@H]2C[C@H]3CNC[C@H]32)cc1. The van der Waals surface area contributed by atoms with Crippen molar-refractivity contribution in [3.8, 4) is 0 Å². The van der Waals surface area contributed by atoms with Gasteiger partial charge >= 0.3 is 0 Å². The Hall–Kier alpha value is -0.820. The quantitative estimate of drug-likeness (QED) is 0.685. The van der Waals surface area contributed by atoms with E-state index in [2.05, 4.69) is 35.6 Å². The third kappa shape index (κ3) is 1.11. The van der Waals surface area contributed by atoms with Crippen LogP contribution in [-0.2, 0) is 0 Å². The molecular formula is C12H15N. The molecule has 1 heterocycles. The molecule has 0 radical (unpaired) electrons. The second-order valence-corrected chi connectivity index (χ2v) is 4.34. The summed E-state index contributed by atoms with van der Waals surface area (Å²) in [6.45, 7) is 2.50. The van der Waals surface area contributed by atoms with Crippen molar-refractivity contribution < 1.29 is 0 Å². The van der Waals surface area contributed by atoms with Crippen molar-refractivity contribution in [1.82, 2.24) is 5.32 Å². The summed E-state index contributed by atoms with van der Waals surface area (Å²) < 4.78 is 0. The minimum absolute atomic E-state index is 0.848. The van der Waals surface area contributed by atoms with Crippen molar-refractivity contribution in [2.75, 3.05) is 13.1 Å². The third-order valence-electron chi connectivity index (χ3n) is 3.69. The lowest BCUT2D eigenvalue weighted by Crippen LogP contribution is -2.33. The molecule has 1 saturated carbocycles. The van der Waals surface area contributed by atoms with E-state index < -0.39 is 0 Å². The molecule has 1 nitrogen and oxygen atoms in total. The van der Waals surface area contributed by atoms with Gasteiger partial charge in [0, 0.05) is 0 Å². The maximum atomic E-state index is 3.48. The average molecular weight is 173 g/mol. The Morgan fingerprint density at radius 1 is 1.08 bits per heavy atom. The molecule has 1 aliphatic heterocycles. The number of fused-ring (bicyclic) bond motifs is 1. The first kappa shape index (κ1) is 7.57. The summed E-state index contributed by atoms with van der Waals surface area (Å²) in [4.78, 5) is 0. The van der Waals surface area contributed by atoms with Crippen LogP contribution in [0.25, 0.3) is 0 Å². The predicted molar refractivity (Wildman–Crippen MR) is 53.6 cm³/mol. The van der Waals surface area contributed by atoms with Gasteiger partial charge < -0.3 is 5.32 Å². The standard InChI is InChI=1S/C12H15N/c1-2-4-9(5-3-1)11-6-10-7-13-8-12(10)11/h1-5,10-13H,6-8H2/t10-,11+,12+/m0/s1. The van der Waals surface area contributed by atoms with E-state index in [1.807, 2.05) is 0 Å². The van der Waals surface area contributed by atoms with Gasteiger partial charge in [0.05, 0.1) is 0 Å². The van der Waals surface area contributed by atoms with E-state index in [1.54, 1.807) is 5.56 Å². The zero-order chi connectivity index (χ0) is 8.67. The predicted octanol–water partition coefficient (Wildman–Crippen LogP) is 2.01. The highest BCUT2D eigenvalue weighted by Gasteiger charge is 2.44. The van der Waals surface area contributed by atoms with Crippen molar-refractivity contribution in [2.24, 2.45) is 11.8 Å². The average Bonchev–Trinajstić information content (AvgIpc) is 2.50. The molecular weight excluding hydrogens is 158 g/mol. The van der Waals surface area contributed by atoms with Gasteiger partial charge in [-0.05, 0) is 42.8 Å². The zero-order valence-corrected chi connectivity index (χ0v) is 7.74. The molecule has 2 fully saturated rings. The molecule has 3 rings (SSSR count). The Bertz CT molecular complexity index is 293. The fourth-order valence-electron chi connectivity index (χ4n) is 2.87. The Kier molecular flexibility index (Phi) is 1.66. The van der Waals surface area contributed by atoms with Gasteiger partial charge in [0.25, 0.3) is 0 Å². The van der Waals surface area contributed by atoms with Gasteiger partial charge in [0.15, 0.2) is 0 Å². The molecule has 1 aromatic rings. The van der Waals surface area contributed by atoms with Crippen LogP contribution in [0.15, 0.2) is 30.3 Å². The number of hydrogen-bond acceptors (Lipinski definition) is 1. The number of benzene rings is 1. The number of nitrogens with one attached hydrogen (secondary N) is 1. The molecule has 1 aromatic carbocycles. The van der Waals surface area contributed by atoms with Crippen LogP contribution in [0, 0.1) is 11.8 Å². The molecule has 1 heteroatoms. The van der Waals surface area contributed by atoms with Gasteiger partial charge in [0.1, 0.15) is 0 Å². The highest BCUT2D eigenvalue weighted by Crippen LogP contribution is 2.48. The van der Waals surface area contributed by atoms with Crippen LogP contribution in [0.5, 0.6) is 0 Å². The molecule has 3 atom stereocenters. The first-order valence-electron chi connectivity index (χ1n) is 5.21. The molecule has 0 aromatic heterocycles. The molecule has 0 bridgehead atoms. The lowest BCUT2D eigenvalue weighted by Gasteiger charge is -2.40. The highest BCUT2D eigenvalue weighted by molar-refractivity contribution is 5.24. The van der Waals surface area contributed by atoms with Gasteiger partial charge in [-0.2, -0.15) is 0 Å². The molecule has 1 N–H and O–H groups in total. The van der Waals surface area contributed by atoms with Crippen LogP contribution < -0.4 is 5.32 Å². The minimum atomic E-state index is 0.848. The lowest BCUT2D eigenvalue weighted by atomic mass is 9.64. The minimum Gasteiger partial charge on any atom is -0.316 e. The third-order valence-corrected chi connectivity index (χ3v) is 3.69. The van der Waals surface area contributed by atoms with Crippen molar-refractivity contribution in [3.63, 3.8) is 0 Å². The fraction of sp³-hybridized carbons (Fsp3) is 0.500. The van der Waals surface area contributed by atoms with Gasteiger partial charge in [-0.1, -0.05) is 30.3 Å². The summed E-state index contributed by atoms with van der Waals surface area (Å²) >= 11 is 0. The maximum absolute atomic E-state index is 3.48. The topological polar surface area (TPSA) is 12.0 Å². The summed E-state index contributed by atoms with van der Waals surface area (Å²) in [5, 5.41) is 3.48. The van der Waals surface area contributed by atoms with Crippen molar-refractivity contribution >= 4 is 0 Å². The first-order chi connectivity index (χ1) is 6.45. The van der Waals surface area contributed by atoms with Crippen molar-refractivity contribution in [3.05, 3.63) is 35.9 Å². The van der Waals surface area contributed by atoms with Gasteiger partial charge in [0.2, 0.25) is 0 Å². The van der Waals surface area contributed by atoms with Crippen molar-refractivity contribution in [2.45, 2.75) is 12.3 Å². The zero-order valence-electron chi connectivity index (χ0n) is 7.74. The highest BCUT2D eigenvalue weighted by atomic mass is 14.9. The molecule has 0 amide bonds. The van der Waals surface area contributed by atoms with E-state index in [1.165, 1.54) is 19.5 Å². The molecule has 0 spiro atoms. The molecule has 1 aliphatic carbocycles. The summed E-state index contributed by atoms with van der Waals surface area (Å²) in [7, 11) is 0.